The average molecular weight is 1980 g/mol. The number of imide groups is 1. The maximum atomic E-state index is 13.2. The van der Waals surface area contributed by atoms with Gasteiger partial charge in [0, 0.05) is 131 Å². The number of ether oxygens (including phenoxy) is 10. The van der Waals surface area contributed by atoms with E-state index in [0.29, 0.717) is 86.9 Å². The van der Waals surface area contributed by atoms with Crippen molar-refractivity contribution in [2.45, 2.75) is 187 Å². The van der Waals surface area contributed by atoms with Crippen LogP contribution in [0.4, 0.5) is 26.3 Å². The Hall–Kier alpha value is -2.80. The first-order valence-corrected chi connectivity index (χ1v) is 58.9. The number of carbonyl (C=O) groups is 4. The minimum absolute atomic E-state index is 0. The number of amides is 2. The summed E-state index contributed by atoms with van der Waals surface area (Å²) in [6, 6.07) is 31.4. The monoisotopic (exact) mass is 1980 g/mol. The van der Waals surface area contributed by atoms with Crippen LogP contribution in [0.3, 0.4) is 0 Å². The first-order chi connectivity index (χ1) is 53.3. The molecule has 0 spiro atoms. The van der Waals surface area contributed by atoms with Gasteiger partial charge in [0.25, 0.3) is 0 Å². The fourth-order valence-electron chi connectivity index (χ4n) is 8.23. The molecular formula is C80H118BBr3Cl3F6NNaO16Si5. The second kappa shape index (κ2) is 64.9. The van der Waals surface area contributed by atoms with Gasteiger partial charge in [0.2, 0.25) is 11.8 Å². The van der Waals surface area contributed by atoms with Crippen molar-refractivity contribution in [2.24, 2.45) is 0 Å². The van der Waals surface area contributed by atoms with Crippen LogP contribution in [0.1, 0.15) is 73.9 Å². The van der Waals surface area contributed by atoms with Crippen molar-refractivity contribution in [3.63, 3.8) is 0 Å². The minimum atomic E-state index is -1.11. The number of alkyl halides is 2. The SMILES string of the molecule is COC(=O)c1ccc(F)cc1COCOCC[Si](C)(C)C.C[Si](C)(C)CCOCCl.C[Si](C)(C)CCOCOCc1cc(F)ccc1Br.C[Si](C)(C)CCOCOCc1cc(F)ccc1CCl.C[Si](C)(C)CCOCOCc1cc(F)ccc1CO.O=C1CCC(=O)N1Cl.O=Cc1cc(F)ccc1Br.OCc1cc(F)ccc1Br.[B].[H-].[Na+]. The van der Waals surface area contributed by atoms with Crippen LogP contribution in [-0.4, -0.2) is 161 Å². The van der Waals surface area contributed by atoms with E-state index in [9.17, 15) is 45.5 Å². The van der Waals surface area contributed by atoms with Crippen molar-refractivity contribution in [1.82, 2.24) is 4.42 Å². The zero-order valence-electron chi connectivity index (χ0n) is 71.1. The van der Waals surface area contributed by atoms with Crippen LogP contribution in [0.15, 0.2) is 123 Å². The molecule has 6 aromatic rings. The number of benzene rings is 6. The summed E-state index contributed by atoms with van der Waals surface area (Å²) in [6.07, 6.45) is 1.14. The third-order valence-corrected chi connectivity index (χ3v) is 26.8. The molecule has 7 rings (SSSR count). The summed E-state index contributed by atoms with van der Waals surface area (Å²) >= 11 is 25.9. The van der Waals surface area contributed by atoms with E-state index in [1.807, 2.05) is 0 Å². The molecule has 0 atom stereocenters. The van der Waals surface area contributed by atoms with Crippen LogP contribution in [0, 0.1) is 34.9 Å². The molecule has 1 heterocycles. The first kappa shape index (κ1) is 117. The number of methoxy groups -OCH3 is 1. The van der Waals surface area contributed by atoms with E-state index in [-0.39, 0.29) is 141 Å². The number of hydrogen-bond acceptors (Lipinski definition) is 16. The topological polar surface area (TPSA) is 204 Å². The molecule has 6 aromatic carbocycles. The van der Waals surface area contributed by atoms with Crippen LogP contribution in [0.5, 0.6) is 0 Å². The van der Waals surface area contributed by atoms with Crippen molar-refractivity contribution >= 4 is 156 Å². The van der Waals surface area contributed by atoms with Gasteiger partial charge in [0.15, 0.2) is 6.29 Å². The second-order valence-corrected chi connectivity index (χ2v) is 63.0. The fourth-order valence-corrected chi connectivity index (χ4v) is 13.6. The second-order valence-electron chi connectivity index (χ2n) is 31.5. The summed E-state index contributed by atoms with van der Waals surface area (Å²) in [5.41, 5.74) is 5.48. The minimum Gasteiger partial charge on any atom is -1.00 e. The molecule has 2 amide bonds. The number of aldehydes is 1. The molecule has 0 unspecified atom stereocenters. The molecule has 647 valence electrons. The Bertz CT molecular complexity index is 3670. The Morgan fingerprint density at radius 2 is 0.724 bits per heavy atom. The van der Waals surface area contributed by atoms with Crippen molar-refractivity contribution in [3.8, 4) is 0 Å². The molecule has 0 aromatic heterocycles. The quantitative estimate of drug-likeness (QED) is 0.00428. The average Bonchev–Trinajstić information content (AvgIpc) is 1.48. The number of aliphatic hydroxyl groups is 2. The number of carbonyl (C=O) groups excluding carboxylic acids is 4. The van der Waals surface area contributed by atoms with Crippen molar-refractivity contribution in [1.29, 1.82) is 0 Å². The van der Waals surface area contributed by atoms with Crippen LogP contribution >= 0.6 is 82.8 Å². The van der Waals surface area contributed by atoms with Gasteiger partial charge in [-0.3, -0.25) is 14.4 Å². The van der Waals surface area contributed by atoms with Gasteiger partial charge < -0.3 is 59.0 Å². The summed E-state index contributed by atoms with van der Waals surface area (Å²) in [7, 11) is -3.85. The molecule has 17 nitrogen and oxygen atoms in total. The number of halogens is 12. The Labute approximate surface area is 755 Å². The molecule has 0 saturated carbocycles. The van der Waals surface area contributed by atoms with Crippen molar-refractivity contribution < 1.29 is 134 Å². The maximum absolute atomic E-state index is 13.2. The zero-order chi connectivity index (χ0) is 86.7. The number of hydrogen-bond donors (Lipinski definition) is 2. The van der Waals surface area contributed by atoms with Gasteiger partial charge in [-0.25, -0.2) is 31.1 Å². The summed E-state index contributed by atoms with van der Waals surface area (Å²) < 4.78 is 133. The Morgan fingerprint density at radius 1 is 0.431 bits per heavy atom. The smallest absolute Gasteiger partial charge is 1.00 e. The van der Waals surface area contributed by atoms with E-state index in [0.717, 1.165) is 69.6 Å². The van der Waals surface area contributed by atoms with E-state index in [4.69, 9.17) is 87.8 Å². The Morgan fingerprint density at radius 3 is 1.04 bits per heavy atom. The van der Waals surface area contributed by atoms with E-state index in [1.54, 1.807) is 24.3 Å². The molecule has 0 bridgehead atoms. The molecule has 36 heteroatoms. The molecule has 2 N–H and O–H groups in total. The van der Waals surface area contributed by atoms with Gasteiger partial charge in [-0.1, -0.05) is 170 Å². The molecule has 1 aliphatic rings. The van der Waals surface area contributed by atoms with E-state index in [1.165, 1.54) is 98.1 Å². The third kappa shape index (κ3) is 61.5. The zero-order valence-corrected chi connectivity index (χ0v) is 84.1. The van der Waals surface area contributed by atoms with Crippen LogP contribution in [0.25, 0.3) is 0 Å². The molecular weight excluding hydrogens is 1870 g/mol. The largest absolute Gasteiger partial charge is 1.00 e. The predicted octanol–water partition coefficient (Wildman–Crippen LogP) is 19.4. The number of esters is 1. The van der Waals surface area contributed by atoms with Gasteiger partial charge in [-0.2, -0.15) is 4.42 Å². The Kier molecular flexibility index (Phi) is 65.7. The van der Waals surface area contributed by atoms with Gasteiger partial charge in [-0.15, -0.1) is 11.6 Å². The van der Waals surface area contributed by atoms with E-state index >= 15 is 0 Å². The third-order valence-electron chi connectivity index (χ3n) is 15.1. The summed E-state index contributed by atoms with van der Waals surface area (Å²) in [5.74, 6) is -2.73. The number of rotatable bonds is 37. The van der Waals surface area contributed by atoms with Crippen LogP contribution < -0.4 is 29.6 Å². The standard InChI is InChI=1S/C15H23FO4Si.C14H22ClFO2Si.C14H23FO3Si.C13H20BrFO2Si.C7H6BrFO.C7H4BrFO.C6H15ClOSi.C4H4ClNO2.B.Na.H/c1-18-15(17)14-6-5-13(16)9-12(14)10-20-11-19-7-8-21(2,3)4;1-19(2,3)7-6-17-11-18-10-13-8-14(16)5-4-12(13)9-15;1-19(2,3)7-6-17-11-18-10-13-8-14(15)5-4-12(13)9-16;1-18(2,3)7-6-16-10-17-9-11-8-12(15)4-5-13(11)14;2*8-7-2-1-6(9)3-5(7)4-10;1-9(2,3)5-4-8-6-7;5-6-3(7)1-2-4(6)8;;;/h5-6,9H,7-8,10-11H2,1-4H3;4-5,8H,6-7,9-11H2,1-3H3;4-5,8,16H,6-7,9-11H2,1-3H3;4-5,8H,6-7,9-10H2,1-3H3;1-3,10H,4H2;1-4H;4-6H2,1-3H3;1-2H2;;;/q;;;;;;;;;+1;-1. The van der Waals surface area contributed by atoms with Crippen LogP contribution in [-0.2, 0) is 102 Å². The van der Waals surface area contributed by atoms with Crippen LogP contribution in [0.2, 0.25) is 128 Å². The summed E-state index contributed by atoms with van der Waals surface area (Å²) in [6.45, 7) is 39.7. The summed E-state index contributed by atoms with van der Waals surface area (Å²) in [5, 5.41) is 17.8. The maximum Gasteiger partial charge on any atom is 1.00 e. The number of nitrogens with zero attached hydrogens (tertiary/aromatic N) is 1. The molecule has 3 radical (unpaired) electrons. The molecule has 1 fully saturated rings. The number of aliphatic hydroxyl groups excluding tert-OH is 2. The first-order valence-electron chi connectivity index (χ1n) is 36.6. The normalized spacial score (nSPS) is 11.8. The predicted molar refractivity (Wildman–Crippen MR) is 473 cm³/mol. The van der Waals surface area contributed by atoms with Gasteiger partial charge in [-0.05, 0) is 166 Å². The van der Waals surface area contributed by atoms with E-state index < -0.39 is 58.0 Å². The van der Waals surface area contributed by atoms with Gasteiger partial charge in [0.05, 0.1) is 52.3 Å². The fraction of sp³-hybridized carbons (Fsp3) is 0.500. The summed E-state index contributed by atoms with van der Waals surface area (Å²) in [4.78, 5) is 42.5. The van der Waals surface area contributed by atoms with Crippen molar-refractivity contribution in [3.05, 3.63) is 208 Å². The van der Waals surface area contributed by atoms with Crippen molar-refractivity contribution in [2.75, 3.05) is 73.4 Å². The molecule has 116 heavy (non-hydrogen) atoms. The van der Waals surface area contributed by atoms with Gasteiger partial charge in [0.1, 0.15) is 68.1 Å². The molecule has 1 aliphatic heterocycles. The molecule has 1 saturated heterocycles. The molecule has 0 aliphatic carbocycles. The van der Waals surface area contributed by atoms with Gasteiger partial charge >= 0.3 is 35.5 Å². The van der Waals surface area contributed by atoms with E-state index in [2.05, 4.69) is 151 Å². The Balaban J connectivity index is -0.000000634.